The van der Waals surface area contributed by atoms with E-state index >= 15 is 0 Å². The van der Waals surface area contributed by atoms with Gasteiger partial charge in [0.1, 0.15) is 0 Å². The summed E-state index contributed by atoms with van der Waals surface area (Å²) in [5, 5.41) is 12.4. The molecule has 0 bridgehead atoms. The van der Waals surface area contributed by atoms with Crippen LogP contribution in [-0.4, -0.2) is 37.5 Å². The highest BCUT2D eigenvalue weighted by atomic mass is 16.5. The van der Waals surface area contributed by atoms with E-state index < -0.39 is 0 Å². The lowest BCUT2D eigenvalue weighted by atomic mass is 9.92. The Morgan fingerprint density at radius 2 is 2.17 bits per heavy atom. The minimum Gasteiger partial charge on any atom is -0.394 e. The first-order valence-corrected chi connectivity index (χ1v) is 4.81. The molecule has 1 unspecified atom stereocenters. The van der Waals surface area contributed by atoms with Crippen molar-refractivity contribution in [3.05, 3.63) is 0 Å². The van der Waals surface area contributed by atoms with Gasteiger partial charge in [-0.15, -0.1) is 0 Å². The quantitative estimate of drug-likeness (QED) is 0.646. The lowest BCUT2D eigenvalue weighted by Gasteiger charge is -2.29. The zero-order valence-corrected chi connectivity index (χ0v) is 7.75. The van der Waals surface area contributed by atoms with Crippen LogP contribution in [0.25, 0.3) is 0 Å². The summed E-state index contributed by atoms with van der Waals surface area (Å²) in [7, 11) is 0. The van der Waals surface area contributed by atoms with E-state index in [1.165, 1.54) is 0 Å². The van der Waals surface area contributed by atoms with Crippen molar-refractivity contribution in [2.24, 2.45) is 5.92 Å². The van der Waals surface area contributed by atoms with Crippen molar-refractivity contribution in [1.29, 1.82) is 0 Å². The highest BCUT2D eigenvalue weighted by molar-refractivity contribution is 4.75. The van der Waals surface area contributed by atoms with Gasteiger partial charge in [0.25, 0.3) is 0 Å². The molecule has 1 saturated heterocycles. The fourth-order valence-corrected chi connectivity index (χ4v) is 1.77. The molecule has 0 saturated carbocycles. The number of hydrogen-bond acceptors (Lipinski definition) is 3. The van der Waals surface area contributed by atoms with Crippen molar-refractivity contribution in [3.63, 3.8) is 0 Å². The van der Waals surface area contributed by atoms with Crippen molar-refractivity contribution in [2.45, 2.75) is 25.9 Å². The number of piperidine rings is 1. The maximum absolute atomic E-state index is 9.06. The van der Waals surface area contributed by atoms with Gasteiger partial charge in [0.15, 0.2) is 0 Å². The van der Waals surface area contributed by atoms with Crippen LogP contribution in [0.15, 0.2) is 0 Å². The second kappa shape index (κ2) is 5.51. The predicted octanol–water partition coefficient (Wildman–Crippen LogP) is 0.383. The molecule has 1 aliphatic heterocycles. The van der Waals surface area contributed by atoms with Gasteiger partial charge in [-0.1, -0.05) is 0 Å². The van der Waals surface area contributed by atoms with E-state index in [1.807, 2.05) is 6.92 Å². The third kappa shape index (κ3) is 2.73. The Balaban J connectivity index is 2.29. The van der Waals surface area contributed by atoms with Crippen LogP contribution in [-0.2, 0) is 4.74 Å². The lowest BCUT2D eigenvalue weighted by molar-refractivity contribution is -0.0252. The van der Waals surface area contributed by atoms with Gasteiger partial charge in [-0.2, -0.15) is 0 Å². The second-order valence-electron chi connectivity index (χ2n) is 3.26. The van der Waals surface area contributed by atoms with Crippen molar-refractivity contribution in [1.82, 2.24) is 5.32 Å². The number of nitrogens with one attached hydrogen (secondary N) is 1. The van der Waals surface area contributed by atoms with E-state index in [1.54, 1.807) is 0 Å². The lowest BCUT2D eigenvalue weighted by Crippen LogP contribution is -2.37. The van der Waals surface area contributed by atoms with Crippen LogP contribution in [0, 0.1) is 5.92 Å². The van der Waals surface area contributed by atoms with Crippen LogP contribution < -0.4 is 5.32 Å². The third-order valence-corrected chi connectivity index (χ3v) is 2.47. The van der Waals surface area contributed by atoms with E-state index in [9.17, 15) is 0 Å². The summed E-state index contributed by atoms with van der Waals surface area (Å²) in [6.07, 6.45) is 2.33. The molecule has 1 heterocycles. The molecule has 3 heteroatoms. The van der Waals surface area contributed by atoms with E-state index in [0.29, 0.717) is 12.5 Å². The van der Waals surface area contributed by atoms with E-state index in [2.05, 4.69) is 5.32 Å². The molecule has 0 aliphatic carbocycles. The fraction of sp³-hybridized carbons (Fsp3) is 1.00. The molecular weight excluding hydrogens is 154 g/mol. The summed E-state index contributed by atoms with van der Waals surface area (Å²) in [6, 6.07) is 0. The van der Waals surface area contributed by atoms with E-state index in [0.717, 1.165) is 25.9 Å². The number of ether oxygens (including phenoxy) is 1. The molecule has 0 aromatic carbocycles. The Hall–Kier alpha value is -0.120. The molecule has 12 heavy (non-hydrogen) atoms. The van der Waals surface area contributed by atoms with Gasteiger partial charge in [-0.3, -0.25) is 0 Å². The summed E-state index contributed by atoms with van der Waals surface area (Å²) in [6.45, 7) is 4.97. The summed E-state index contributed by atoms with van der Waals surface area (Å²) in [4.78, 5) is 0. The Morgan fingerprint density at radius 1 is 1.50 bits per heavy atom. The van der Waals surface area contributed by atoms with Gasteiger partial charge >= 0.3 is 0 Å². The van der Waals surface area contributed by atoms with Crippen LogP contribution in [0.2, 0.25) is 0 Å². The Kier molecular flexibility index (Phi) is 4.58. The second-order valence-corrected chi connectivity index (χ2v) is 3.26. The van der Waals surface area contributed by atoms with E-state index in [4.69, 9.17) is 9.84 Å². The molecule has 1 aliphatic rings. The molecule has 0 radical (unpaired) electrons. The largest absolute Gasteiger partial charge is 0.394 e. The number of hydrogen-bond donors (Lipinski definition) is 2. The topological polar surface area (TPSA) is 41.5 Å². The van der Waals surface area contributed by atoms with Crippen molar-refractivity contribution >= 4 is 0 Å². The van der Waals surface area contributed by atoms with Crippen molar-refractivity contribution in [2.75, 3.05) is 26.3 Å². The fourth-order valence-electron chi connectivity index (χ4n) is 1.77. The molecule has 0 amide bonds. The normalized spacial score (nSPS) is 22.5. The van der Waals surface area contributed by atoms with E-state index in [-0.39, 0.29) is 12.7 Å². The zero-order valence-electron chi connectivity index (χ0n) is 7.75. The number of rotatable bonds is 4. The molecule has 0 aromatic heterocycles. The smallest absolute Gasteiger partial charge is 0.0834 e. The first-order valence-electron chi connectivity index (χ1n) is 4.81. The summed E-state index contributed by atoms with van der Waals surface area (Å²) in [5.41, 5.74) is 0. The first kappa shape index (κ1) is 9.96. The predicted molar refractivity (Wildman–Crippen MR) is 48.1 cm³/mol. The standard InChI is InChI=1S/C9H19NO2/c1-2-12-9(7-11)8-3-5-10-6-4-8/h8-11H,2-7H2,1H3. The molecular formula is C9H19NO2. The van der Waals surface area contributed by atoms with Gasteiger partial charge in [-0.05, 0) is 38.8 Å². The molecule has 3 nitrogen and oxygen atoms in total. The molecule has 1 rings (SSSR count). The van der Waals surface area contributed by atoms with Crippen LogP contribution >= 0.6 is 0 Å². The first-order chi connectivity index (χ1) is 5.88. The zero-order chi connectivity index (χ0) is 8.81. The number of aliphatic hydroxyl groups is 1. The highest BCUT2D eigenvalue weighted by Gasteiger charge is 2.22. The average molecular weight is 173 g/mol. The Morgan fingerprint density at radius 3 is 2.67 bits per heavy atom. The van der Waals surface area contributed by atoms with Gasteiger partial charge in [0.2, 0.25) is 0 Å². The molecule has 72 valence electrons. The van der Waals surface area contributed by atoms with Gasteiger partial charge in [0.05, 0.1) is 12.7 Å². The number of aliphatic hydroxyl groups excluding tert-OH is 1. The average Bonchev–Trinajstić information content (AvgIpc) is 2.15. The maximum Gasteiger partial charge on any atom is 0.0834 e. The van der Waals surface area contributed by atoms with Crippen LogP contribution in [0.3, 0.4) is 0 Å². The Bertz CT molecular complexity index is 110. The Labute approximate surface area is 74.1 Å². The monoisotopic (exact) mass is 173 g/mol. The minimum absolute atomic E-state index is 0.0668. The third-order valence-electron chi connectivity index (χ3n) is 2.47. The molecule has 2 N–H and O–H groups in total. The molecule has 1 atom stereocenters. The van der Waals surface area contributed by atoms with Gasteiger partial charge < -0.3 is 15.2 Å². The van der Waals surface area contributed by atoms with Gasteiger partial charge in [-0.25, -0.2) is 0 Å². The highest BCUT2D eigenvalue weighted by Crippen LogP contribution is 2.18. The van der Waals surface area contributed by atoms with Crippen LogP contribution in [0.1, 0.15) is 19.8 Å². The molecule has 0 aromatic rings. The summed E-state index contributed by atoms with van der Waals surface area (Å²) < 4.78 is 5.45. The summed E-state index contributed by atoms with van der Waals surface area (Å²) in [5.74, 6) is 0.552. The van der Waals surface area contributed by atoms with Gasteiger partial charge in [0, 0.05) is 6.61 Å². The maximum atomic E-state index is 9.06. The molecule has 1 fully saturated rings. The van der Waals surface area contributed by atoms with Crippen molar-refractivity contribution < 1.29 is 9.84 Å². The van der Waals surface area contributed by atoms with Crippen molar-refractivity contribution in [3.8, 4) is 0 Å². The summed E-state index contributed by atoms with van der Waals surface area (Å²) >= 11 is 0. The molecule has 0 spiro atoms. The minimum atomic E-state index is 0.0668. The van der Waals surface area contributed by atoms with Crippen LogP contribution in [0.4, 0.5) is 0 Å². The van der Waals surface area contributed by atoms with Crippen LogP contribution in [0.5, 0.6) is 0 Å². The SMILES string of the molecule is CCOC(CO)C1CCNCC1.